The van der Waals surface area contributed by atoms with Gasteiger partial charge in [0.25, 0.3) is 10.0 Å². The molecule has 2 aromatic rings. The van der Waals surface area contributed by atoms with Crippen LogP contribution in [0.2, 0.25) is 0 Å². The minimum Gasteiger partial charge on any atom is -0.251 e. The maximum Gasteiger partial charge on any atom is 0.265 e. The number of nitrogens with zero attached hydrogens (tertiary/aromatic N) is 1. The third-order valence-corrected chi connectivity index (χ3v) is 8.06. The molecule has 1 atom stereocenters. The second kappa shape index (κ2) is 6.61. The molecule has 1 aliphatic rings. The zero-order chi connectivity index (χ0) is 17.5. The summed E-state index contributed by atoms with van der Waals surface area (Å²) in [5, 5.41) is 0. The Hall–Kier alpha value is -1.18. The number of benzene rings is 2. The van der Waals surface area contributed by atoms with Crippen LogP contribution in [0.1, 0.15) is 23.6 Å². The molecule has 3 nitrogen and oxygen atoms in total. The van der Waals surface area contributed by atoms with Crippen LogP contribution >= 0.6 is 31.9 Å². The number of hydrogen-bond acceptors (Lipinski definition) is 2. The quantitative estimate of drug-likeness (QED) is 0.571. The van der Waals surface area contributed by atoms with Crippen LogP contribution in [0.5, 0.6) is 0 Å². The molecular weight excluding hydrogens is 461 g/mol. The van der Waals surface area contributed by atoms with Crippen molar-refractivity contribution < 1.29 is 12.8 Å². The highest BCUT2D eigenvalue weighted by Crippen LogP contribution is 2.47. The Bertz CT molecular complexity index is 893. The molecule has 0 saturated heterocycles. The summed E-state index contributed by atoms with van der Waals surface area (Å²) < 4.78 is 42.0. The largest absolute Gasteiger partial charge is 0.265 e. The highest BCUT2D eigenvalue weighted by molar-refractivity contribution is 9.14. The molecule has 0 radical (unpaired) electrons. The van der Waals surface area contributed by atoms with E-state index in [1.165, 1.54) is 16.4 Å². The van der Waals surface area contributed by atoms with Gasteiger partial charge in [0.2, 0.25) is 0 Å². The topological polar surface area (TPSA) is 37.4 Å². The SMILES string of the molecule is Cc1ccc(S(=O)(=O)N2C(Br)=C(Br)CC2c2ccc(F)cc2)cc1. The van der Waals surface area contributed by atoms with E-state index in [-0.39, 0.29) is 10.7 Å². The lowest BCUT2D eigenvalue weighted by Gasteiger charge is -2.27. The van der Waals surface area contributed by atoms with Crippen LogP contribution in [-0.4, -0.2) is 12.7 Å². The third-order valence-electron chi connectivity index (χ3n) is 3.91. The Morgan fingerprint density at radius 1 is 1.04 bits per heavy atom. The molecule has 2 aromatic carbocycles. The molecule has 0 amide bonds. The summed E-state index contributed by atoms with van der Waals surface area (Å²) in [6, 6.07) is 12.2. The van der Waals surface area contributed by atoms with Crippen molar-refractivity contribution in [1.82, 2.24) is 4.31 Å². The minimum absolute atomic E-state index is 0.222. The first kappa shape index (κ1) is 17.6. The fourth-order valence-corrected chi connectivity index (χ4v) is 5.78. The molecule has 1 aliphatic heterocycles. The van der Waals surface area contributed by atoms with E-state index in [1.807, 2.05) is 6.92 Å². The van der Waals surface area contributed by atoms with E-state index in [0.717, 1.165) is 15.6 Å². The Morgan fingerprint density at radius 3 is 2.21 bits per heavy atom. The summed E-state index contributed by atoms with van der Waals surface area (Å²) in [6.45, 7) is 1.90. The normalized spacial score (nSPS) is 18.3. The third kappa shape index (κ3) is 3.17. The molecule has 126 valence electrons. The molecule has 0 bridgehead atoms. The summed E-state index contributed by atoms with van der Waals surface area (Å²) >= 11 is 6.80. The van der Waals surface area contributed by atoms with Crippen LogP contribution < -0.4 is 0 Å². The van der Waals surface area contributed by atoms with Crippen molar-refractivity contribution in [3.8, 4) is 0 Å². The first-order valence-electron chi connectivity index (χ1n) is 7.21. The van der Waals surface area contributed by atoms with Crippen molar-refractivity contribution in [1.29, 1.82) is 0 Å². The van der Waals surface area contributed by atoms with Crippen LogP contribution in [0.25, 0.3) is 0 Å². The average Bonchev–Trinajstić information content (AvgIpc) is 2.84. The average molecular weight is 475 g/mol. The van der Waals surface area contributed by atoms with Crippen molar-refractivity contribution in [3.63, 3.8) is 0 Å². The van der Waals surface area contributed by atoms with Gasteiger partial charge in [-0.2, -0.15) is 0 Å². The van der Waals surface area contributed by atoms with E-state index < -0.39 is 16.1 Å². The highest BCUT2D eigenvalue weighted by Gasteiger charge is 2.39. The fourth-order valence-electron chi connectivity index (χ4n) is 2.63. The predicted molar refractivity (Wildman–Crippen MR) is 98.8 cm³/mol. The molecule has 1 unspecified atom stereocenters. The molecule has 0 spiro atoms. The molecular formula is C17H14Br2FNO2S. The van der Waals surface area contributed by atoms with Crippen molar-refractivity contribution in [3.05, 3.63) is 74.6 Å². The second-order valence-corrected chi connectivity index (χ2v) is 9.10. The van der Waals surface area contributed by atoms with Gasteiger partial charge in [-0.25, -0.2) is 12.8 Å². The van der Waals surface area contributed by atoms with Gasteiger partial charge < -0.3 is 0 Å². The van der Waals surface area contributed by atoms with Crippen LogP contribution in [0.4, 0.5) is 4.39 Å². The molecule has 24 heavy (non-hydrogen) atoms. The number of aryl methyl sites for hydroxylation is 1. The van der Waals surface area contributed by atoms with Crippen LogP contribution in [0.3, 0.4) is 0 Å². The highest BCUT2D eigenvalue weighted by atomic mass is 79.9. The van der Waals surface area contributed by atoms with E-state index in [4.69, 9.17) is 0 Å². The van der Waals surface area contributed by atoms with Crippen molar-refractivity contribution >= 4 is 41.9 Å². The van der Waals surface area contributed by atoms with E-state index in [1.54, 1.807) is 36.4 Å². The Labute approximate surface area is 157 Å². The van der Waals surface area contributed by atoms with Crippen LogP contribution in [0.15, 0.2) is 62.5 Å². The smallest absolute Gasteiger partial charge is 0.251 e. The zero-order valence-corrected chi connectivity index (χ0v) is 16.7. The second-order valence-electron chi connectivity index (χ2n) is 5.58. The summed E-state index contributed by atoms with van der Waals surface area (Å²) in [6.07, 6.45) is 0.483. The molecule has 0 saturated carbocycles. The van der Waals surface area contributed by atoms with Crippen LogP contribution in [-0.2, 0) is 10.0 Å². The Morgan fingerprint density at radius 2 is 1.62 bits per heavy atom. The van der Waals surface area contributed by atoms with E-state index in [0.29, 0.717) is 11.0 Å². The van der Waals surface area contributed by atoms with Gasteiger partial charge in [-0.1, -0.05) is 45.8 Å². The lowest BCUT2D eigenvalue weighted by molar-refractivity contribution is 0.429. The first-order chi connectivity index (χ1) is 11.3. The molecule has 7 heteroatoms. The van der Waals surface area contributed by atoms with E-state index in [2.05, 4.69) is 31.9 Å². The van der Waals surface area contributed by atoms with Gasteiger partial charge in [-0.05, 0) is 52.7 Å². The zero-order valence-electron chi connectivity index (χ0n) is 12.7. The molecule has 3 rings (SSSR count). The van der Waals surface area contributed by atoms with Gasteiger partial charge in [0.05, 0.1) is 10.9 Å². The maximum absolute atomic E-state index is 13.2. The van der Waals surface area contributed by atoms with Gasteiger partial charge in [0, 0.05) is 10.9 Å². The van der Waals surface area contributed by atoms with E-state index in [9.17, 15) is 12.8 Å². The minimum atomic E-state index is -3.74. The molecule has 1 heterocycles. The summed E-state index contributed by atoms with van der Waals surface area (Å²) in [5.74, 6) is -0.351. The van der Waals surface area contributed by atoms with Gasteiger partial charge in [-0.15, -0.1) is 0 Å². The summed E-state index contributed by atoms with van der Waals surface area (Å²) in [4.78, 5) is 0.222. The lowest BCUT2D eigenvalue weighted by Crippen LogP contribution is -2.29. The molecule has 0 aromatic heterocycles. The van der Waals surface area contributed by atoms with Gasteiger partial charge >= 0.3 is 0 Å². The van der Waals surface area contributed by atoms with Gasteiger partial charge in [0.15, 0.2) is 0 Å². The predicted octanol–water partition coefficient (Wildman–Crippen LogP) is 5.23. The molecule has 0 aliphatic carbocycles. The molecule has 0 N–H and O–H groups in total. The van der Waals surface area contributed by atoms with E-state index >= 15 is 0 Å². The standard InChI is InChI=1S/C17H14Br2FNO2S/c1-11-2-8-14(9-3-11)24(22,23)21-16(10-15(18)17(21)19)12-4-6-13(20)7-5-12/h2-9,16H,10H2,1H3. The monoisotopic (exact) mass is 473 g/mol. The maximum atomic E-state index is 13.2. The fraction of sp³-hybridized carbons (Fsp3) is 0.176. The number of rotatable bonds is 3. The van der Waals surface area contributed by atoms with Crippen molar-refractivity contribution in [2.24, 2.45) is 0 Å². The first-order valence-corrected chi connectivity index (χ1v) is 10.2. The summed E-state index contributed by atoms with van der Waals surface area (Å²) in [7, 11) is -3.74. The van der Waals surface area contributed by atoms with Gasteiger partial charge in [0.1, 0.15) is 10.4 Å². The van der Waals surface area contributed by atoms with Crippen molar-refractivity contribution in [2.45, 2.75) is 24.3 Å². The molecule has 0 fully saturated rings. The van der Waals surface area contributed by atoms with Crippen molar-refractivity contribution in [2.75, 3.05) is 0 Å². The lowest BCUT2D eigenvalue weighted by atomic mass is 10.1. The Kier molecular flexibility index (Phi) is 4.86. The summed E-state index contributed by atoms with van der Waals surface area (Å²) in [5.41, 5.74) is 1.72. The van der Waals surface area contributed by atoms with Crippen LogP contribution in [0, 0.1) is 12.7 Å². The Balaban J connectivity index is 2.07. The number of hydrogen-bond donors (Lipinski definition) is 0. The number of halogens is 3. The number of sulfonamides is 1. The van der Waals surface area contributed by atoms with Gasteiger partial charge in [-0.3, -0.25) is 4.31 Å².